The molecular formula is C19H28N2. The predicted octanol–water partition coefficient (Wildman–Crippen LogP) is 3.10. The second kappa shape index (κ2) is 5.73. The lowest BCUT2D eigenvalue weighted by molar-refractivity contribution is 0.214. The lowest BCUT2D eigenvalue weighted by Crippen LogP contribution is -2.31. The van der Waals surface area contributed by atoms with Gasteiger partial charge in [0.05, 0.1) is 0 Å². The Bertz CT molecular complexity index is 472. The van der Waals surface area contributed by atoms with Crippen molar-refractivity contribution in [2.75, 3.05) is 26.2 Å². The summed E-state index contributed by atoms with van der Waals surface area (Å²) in [6.45, 7) is 4.59. The van der Waals surface area contributed by atoms with Gasteiger partial charge in [0.2, 0.25) is 0 Å². The van der Waals surface area contributed by atoms with E-state index in [0.29, 0.717) is 11.8 Å². The van der Waals surface area contributed by atoms with Crippen LogP contribution in [0.25, 0.3) is 0 Å². The van der Waals surface area contributed by atoms with Crippen LogP contribution in [0.3, 0.4) is 0 Å². The van der Waals surface area contributed by atoms with E-state index < -0.39 is 0 Å². The molecule has 3 fully saturated rings. The Kier molecular flexibility index (Phi) is 3.76. The van der Waals surface area contributed by atoms with Crippen LogP contribution in [0.15, 0.2) is 30.3 Å². The van der Waals surface area contributed by atoms with Crippen molar-refractivity contribution < 1.29 is 0 Å². The summed E-state index contributed by atoms with van der Waals surface area (Å²) in [5.74, 6) is 4.39. The van der Waals surface area contributed by atoms with Crippen LogP contribution in [0.5, 0.6) is 0 Å². The molecule has 0 spiro atoms. The number of likely N-dealkylation sites (tertiary alicyclic amines) is 1. The third kappa shape index (κ3) is 2.64. The van der Waals surface area contributed by atoms with Gasteiger partial charge in [0.1, 0.15) is 0 Å². The Balaban J connectivity index is 1.42. The zero-order valence-electron chi connectivity index (χ0n) is 13.0. The number of hydrogen-bond acceptors (Lipinski definition) is 2. The normalized spacial score (nSPS) is 39.2. The number of nitrogens with zero attached hydrogens (tertiary/aromatic N) is 1. The summed E-state index contributed by atoms with van der Waals surface area (Å²) in [6.07, 6.45) is 6.05. The molecule has 114 valence electrons. The first-order chi connectivity index (χ1) is 10.3. The third-order valence-electron chi connectivity index (χ3n) is 6.42. The highest BCUT2D eigenvalue weighted by Gasteiger charge is 2.41. The Morgan fingerprint density at radius 3 is 2.52 bits per heavy atom. The largest absolute Gasteiger partial charge is 0.330 e. The van der Waals surface area contributed by atoms with Crippen LogP contribution in [0.2, 0.25) is 0 Å². The molecule has 2 N–H and O–H groups in total. The van der Waals surface area contributed by atoms with Crippen LogP contribution in [-0.2, 0) is 0 Å². The molecule has 1 aromatic rings. The van der Waals surface area contributed by atoms with Crippen LogP contribution in [-0.4, -0.2) is 31.1 Å². The molecule has 3 unspecified atom stereocenters. The van der Waals surface area contributed by atoms with Crippen molar-refractivity contribution in [3.8, 4) is 0 Å². The summed E-state index contributed by atoms with van der Waals surface area (Å²) < 4.78 is 0. The molecule has 0 amide bonds. The highest BCUT2D eigenvalue weighted by Crippen LogP contribution is 2.49. The Hall–Kier alpha value is -0.860. The van der Waals surface area contributed by atoms with Gasteiger partial charge in [-0.05, 0) is 55.0 Å². The summed E-state index contributed by atoms with van der Waals surface area (Å²) in [4.78, 5) is 2.72. The van der Waals surface area contributed by atoms with Gasteiger partial charge in [0, 0.05) is 25.6 Å². The molecule has 2 heteroatoms. The van der Waals surface area contributed by atoms with E-state index >= 15 is 0 Å². The standard InChI is InChI=1S/C19H28N2/c20-10-18-12-21(11-17-9-14-6-7-16(17)8-14)13-19(18)15-4-2-1-3-5-15/h1-5,14,16-19H,6-13,20H2/t14?,16?,17?,18-,19+/m1/s1. The molecule has 0 radical (unpaired) electrons. The van der Waals surface area contributed by atoms with E-state index in [1.165, 1.54) is 50.9 Å². The number of hydrogen-bond donors (Lipinski definition) is 1. The summed E-state index contributed by atoms with van der Waals surface area (Å²) in [5.41, 5.74) is 7.56. The lowest BCUT2D eigenvalue weighted by atomic mass is 9.88. The van der Waals surface area contributed by atoms with Crippen LogP contribution in [0, 0.1) is 23.7 Å². The van der Waals surface area contributed by atoms with Gasteiger partial charge in [-0.25, -0.2) is 0 Å². The van der Waals surface area contributed by atoms with E-state index in [9.17, 15) is 0 Å². The summed E-state index contributed by atoms with van der Waals surface area (Å²) in [6, 6.07) is 11.0. The van der Waals surface area contributed by atoms with E-state index in [2.05, 4.69) is 35.2 Å². The second-order valence-corrected chi connectivity index (χ2v) is 7.67. The van der Waals surface area contributed by atoms with E-state index in [1.54, 1.807) is 0 Å². The van der Waals surface area contributed by atoms with Crippen molar-refractivity contribution in [1.82, 2.24) is 4.90 Å². The predicted molar refractivity (Wildman–Crippen MR) is 87.1 cm³/mol. The highest BCUT2D eigenvalue weighted by atomic mass is 15.2. The summed E-state index contributed by atoms with van der Waals surface area (Å²) in [7, 11) is 0. The van der Waals surface area contributed by atoms with Crippen LogP contribution in [0.1, 0.15) is 37.2 Å². The molecule has 2 saturated carbocycles. The first kappa shape index (κ1) is 13.8. The Morgan fingerprint density at radius 2 is 1.86 bits per heavy atom. The van der Waals surface area contributed by atoms with E-state index in [-0.39, 0.29) is 0 Å². The average molecular weight is 284 g/mol. The van der Waals surface area contributed by atoms with E-state index in [1.807, 2.05) is 0 Å². The van der Waals surface area contributed by atoms with Gasteiger partial charge in [0.15, 0.2) is 0 Å². The SMILES string of the molecule is NC[C@@H]1CN(CC2CC3CCC2C3)C[C@H]1c1ccccc1. The van der Waals surface area contributed by atoms with E-state index in [0.717, 1.165) is 24.3 Å². The quantitative estimate of drug-likeness (QED) is 0.920. The smallest absolute Gasteiger partial charge is 0.00541 e. The zero-order chi connectivity index (χ0) is 14.2. The molecule has 21 heavy (non-hydrogen) atoms. The fourth-order valence-electron chi connectivity index (χ4n) is 5.36. The van der Waals surface area contributed by atoms with Gasteiger partial charge in [-0.2, -0.15) is 0 Å². The molecule has 4 rings (SSSR count). The fourth-order valence-corrected chi connectivity index (χ4v) is 5.36. The van der Waals surface area contributed by atoms with Gasteiger partial charge in [-0.3, -0.25) is 0 Å². The molecule has 3 aliphatic rings. The van der Waals surface area contributed by atoms with Crippen molar-refractivity contribution in [3.05, 3.63) is 35.9 Å². The molecular weight excluding hydrogens is 256 g/mol. The van der Waals surface area contributed by atoms with Crippen molar-refractivity contribution in [1.29, 1.82) is 0 Å². The number of nitrogens with two attached hydrogens (primary N) is 1. The first-order valence-corrected chi connectivity index (χ1v) is 8.81. The second-order valence-electron chi connectivity index (χ2n) is 7.67. The molecule has 1 saturated heterocycles. The van der Waals surface area contributed by atoms with Crippen LogP contribution >= 0.6 is 0 Å². The molecule has 2 nitrogen and oxygen atoms in total. The zero-order valence-corrected chi connectivity index (χ0v) is 13.0. The molecule has 1 aromatic carbocycles. The third-order valence-corrected chi connectivity index (χ3v) is 6.42. The Morgan fingerprint density at radius 1 is 1.00 bits per heavy atom. The molecule has 2 aliphatic carbocycles. The van der Waals surface area contributed by atoms with Gasteiger partial charge < -0.3 is 10.6 Å². The summed E-state index contributed by atoms with van der Waals surface area (Å²) >= 11 is 0. The van der Waals surface area contributed by atoms with Crippen molar-refractivity contribution in [2.24, 2.45) is 29.4 Å². The highest BCUT2D eigenvalue weighted by molar-refractivity contribution is 5.22. The maximum absolute atomic E-state index is 6.07. The minimum Gasteiger partial charge on any atom is -0.330 e. The maximum Gasteiger partial charge on any atom is 0.00541 e. The Labute approximate surface area is 128 Å². The maximum atomic E-state index is 6.07. The number of fused-ring (bicyclic) bond motifs is 2. The van der Waals surface area contributed by atoms with Crippen LogP contribution < -0.4 is 5.73 Å². The lowest BCUT2D eigenvalue weighted by Gasteiger charge is -2.27. The topological polar surface area (TPSA) is 29.3 Å². The molecule has 1 heterocycles. The minimum absolute atomic E-state index is 0.644. The van der Waals surface area contributed by atoms with Gasteiger partial charge in [0.25, 0.3) is 0 Å². The number of benzene rings is 1. The van der Waals surface area contributed by atoms with Crippen molar-refractivity contribution >= 4 is 0 Å². The fraction of sp³-hybridized carbons (Fsp3) is 0.684. The van der Waals surface area contributed by atoms with Gasteiger partial charge >= 0.3 is 0 Å². The van der Waals surface area contributed by atoms with Crippen molar-refractivity contribution in [3.63, 3.8) is 0 Å². The molecule has 5 atom stereocenters. The van der Waals surface area contributed by atoms with Crippen molar-refractivity contribution in [2.45, 2.75) is 31.6 Å². The van der Waals surface area contributed by atoms with Crippen LogP contribution in [0.4, 0.5) is 0 Å². The molecule has 2 bridgehead atoms. The van der Waals surface area contributed by atoms with Gasteiger partial charge in [-0.15, -0.1) is 0 Å². The van der Waals surface area contributed by atoms with E-state index in [4.69, 9.17) is 5.73 Å². The van der Waals surface area contributed by atoms with Gasteiger partial charge in [-0.1, -0.05) is 36.8 Å². The first-order valence-electron chi connectivity index (χ1n) is 8.81. The monoisotopic (exact) mass is 284 g/mol. The molecule has 1 aliphatic heterocycles. The molecule has 0 aromatic heterocycles. The summed E-state index contributed by atoms with van der Waals surface area (Å²) in [5, 5.41) is 0. The minimum atomic E-state index is 0.644. The number of rotatable bonds is 4. The average Bonchev–Trinajstić information content (AvgIpc) is 3.23.